The zero-order chi connectivity index (χ0) is 9.84. The average molecular weight is 181 g/mol. The Morgan fingerprint density at radius 1 is 1.69 bits per heavy atom. The molecule has 1 unspecified atom stereocenters. The second-order valence-corrected chi connectivity index (χ2v) is 2.99. The van der Waals surface area contributed by atoms with Crippen molar-refractivity contribution in [2.45, 2.75) is 13.3 Å². The Morgan fingerprint density at radius 3 is 3.00 bits per heavy atom. The molecule has 0 saturated carbocycles. The quantitative estimate of drug-likeness (QED) is 0.656. The van der Waals surface area contributed by atoms with Gasteiger partial charge >= 0.3 is 6.03 Å². The third-order valence-electron chi connectivity index (χ3n) is 1.94. The Labute approximate surface area is 76.3 Å². The molecule has 1 saturated heterocycles. The van der Waals surface area contributed by atoms with E-state index in [1.54, 1.807) is 6.92 Å². The van der Waals surface area contributed by atoms with E-state index in [0.717, 1.165) is 4.90 Å². The highest BCUT2D eigenvalue weighted by atomic mass is 16.2. The Kier molecular flexibility index (Phi) is 2.85. The molecule has 5 nitrogen and oxygen atoms in total. The first-order chi connectivity index (χ1) is 6.16. The van der Waals surface area contributed by atoms with Gasteiger partial charge < -0.3 is 5.32 Å². The molecule has 1 fully saturated rings. The third-order valence-corrected chi connectivity index (χ3v) is 1.94. The van der Waals surface area contributed by atoms with Crippen LogP contribution in [0.1, 0.15) is 13.3 Å². The molecule has 13 heavy (non-hydrogen) atoms. The van der Waals surface area contributed by atoms with E-state index < -0.39 is 6.03 Å². The SMILES string of the molecule is CC1CNC(=O)N(CCC#N)C1=O. The molecular weight excluding hydrogens is 170 g/mol. The molecule has 1 atom stereocenters. The van der Waals surface area contributed by atoms with E-state index in [9.17, 15) is 9.59 Å². The molecule has 5 heteroatoms. The van der Waals surface area contributed by atoms with Gasteiger partial charge in [-0.2, -0.15) is 5.26 Å². The van der Waals surface area contributed by atoms with Gasteiger partial charge in [-0.25, -0.2) is 4.79 Å². The summed E-state index contributed by atoms with van der Waals surface area (Å²) in [6, 6.07) is 1.51. The van der Waals surface area contributed by atoms with Gasteiger partial charge in [0.1, 0.15) is 0 Å². The fraction of sp³-hybridized carbons (Fsp3) is 0.625. The van der Waals surface area contributed by atoms with Crippen molar-refractivity contribution in [3.63, 3.8) is 0 Å². The van der Waals surface area contributed by atoms with Crippen molar-refractivity contribution < 1.29 is 9.59 Å². The molecule has 70 valence electrons. The number of rotatable bonds is 2. The minimum atomic E-state index is -0.390. The number of urea groups is 1. The summed E-state index contributed by atoms with van der Waals surface area (Å²) in [4.78, 5) is 23.6. The second-order valence-electron chi connectivity index (χ2n) is 2.99. The molecule has 0 bridgehead atoms. The first-order valence-corrected chi connectivity index (χ1v) is 4.13. The lowest BCUT2D eigenvalue weighted by atomic mass is 10.1. The number of hydrogen-bond donors (Lipinski definition) is 1. The lowest BCUT2D eigenvalue weighted by Crippen LogP contribution is -2.54. The number of nitrogens with one attached hydrogen (secondary N) is 1. The van der Waals surface area contributed by atoms with Crippen LogP contribution in [-0.2, 0) is 4.79 Å². The van der Waals surface area contributed by atoms with Crippen molar-refractivity contribution >= 4 is 11.9 Å². The summed E-state index contributed by atoms with van der Waals surface area (Å²) in [5.74, 6) is -0.379. The maximum absolute atomic E-state index is 11.4. The lowest BCUT2D eigenvalue weighted by molar-refractivity contribution is -0.133. The van der Waals surface area contributed by atoms with Gasteiger partial charge in [0.2, 0.25) is 5.91 Å². The lowest BCUT2D eigenvalue weighted by Gasteiger charge is -2.28. The van der Waals surface area contributed by atoms with E-state index in [2.05, 4.69) is 5.32 Å². The molecule has 1 aliphatic rings. The third kappa shape index (κ3) is 1.96. The summed E-state index contributed by atoms with van der Waals surface area (Å²) in [6.45, 7) is 2.33. The van der Waals surface area contributed by atoms with Gasteiger partial charge in [-0.1, -0.05) is 6.92 Å². The highest BCUT2D eigenvalue weighted by Gasteiger charge is 2.30. The molecule has 0 radical (unpaired) electrons. The number of hydrogen-bond acceptors (Lipinski definition) is 3. The first kappa shape index (κ1) is 9.52. The fourth-order valence-electron chi connectivity index (χ4n) is 1.16. The molecule has 1 heterocycles. The van der Waals surface area contributed by atoms with Gasteiger partial charge in [0.05, 0.1) is 18.4 Å². The first-order valence-electron chi connectivity index (χ1n) is 4.13. The highest BCUT2D eigenvalue weighted by molar-refractivity contribution is 5.97. The van der Waals surface area contributed by atoms with Crippen LogP contribution in [0.2, 0.25) is 0 Å². The highest BCUT2D eigenvalue weighted by Crippen LogP contribution is 2.08. The van der Waals surface area contributed by atoms with E-state index in [-0.39, 0.29) is 24.8 Å². The van der Waals surface area contributed by atoms with Crippen LogP contribution < -0.4 is 5.32 Å². The summed E-state index contributed by atoms with van der Waals surface area (Å²) < 4.78 is 0. The predicted octanol–water partition coefficient (Wildman–Crippen LogP) is 0.0880. The van der Waals surface area contributed by atoms with Gasteiger partial charge in [0.25, 0.3) is 0 Å². The van der Waals surface area contributed by atoms with Gasteiger partial charge in [-0.05, 0) is 0 Å². The Balaban J connectivity index is 2.62. The van der Waals surface area contributed by atoms with Crippen molar-refractivity contribution in [1.29, 1.82) is 5.26 Å². The molecule has 0 aromatic carbocycles. The van der Waals surface area contributed by atoms with E-state index in [1.807, 2.05) is 6.07 Å². The molecule has 0 aromatic rings. The van der Waals surface area contributed by atoms with Crippen molar-refractivity contribution in [2.75, 3.05) is 13.1 Å². The van der Waals surface area contributed by atoms with Gasteiger partial charge in [-0.3, -0.25) is 9.69 Å². The van der Waals surface area contributed by atoms with Crippen LogP contribution in [0, 0.1) is 17.2 Å². The minimum absolute atomic E-state index is 0.184. The summed E-state index contributed by atoms with van der Waals surface area (Å²) in [7, 11) is 0. The topological polar surface area (TPSA) is 73.2 Å². The molecular formula is C8H11N3O2. The normalized spacial score (nSPS) is 22.5. The zero-order valence-corrected chi connectivity index (χ0v) is 7.41. The van der Waals surface area contributed by atoms with Gasteiger partial charge in [0.15, 0.2) is 0 Å². The van der Waals surface area contributed by atoms with Crippen LogP contribution in [0.25, 0.3) is 0 Å². The molecule has 1 rings (SSSR count). The molecule has 0 aliphatic carbocycles. The minimum Gasteiger partial charge on any atom is -0.337 e. The largest absolute Gasteiger partial charge is 0.337 e. The Morgan fingerprint density at radius 2 is 2.38 bits per heavy atom. The molecule has 0 aromatic heterocycles. The van der Waals surface area contributed by atoms with Gasteiger partial charge in [0, 0.05) is 13.1 Å². The number of amides is 3. The summed E-state index contributed by atoms with van der Waals surface area (Å²) in [5.41, 5.74) is 0. The van der Waals surface area contributed by atoms with Crippen molar-refractivity contribution in [2.24, 2.45) is 5.92 Å². The Hall–Kier alpha value is -1.57. The number of imide groups is 1. The van der Waals surface area contributed by atoms with Crippen molar-refractivity contribution in [3.05, 3.63) is 0 Å². The van der Waals surface area contributed by atoms with Crippen molar-refractivity contribution in [3.8, 4) is 6.07 Å². The second kappa shape index (κ2) is 3.90. The van der Waals surface area contributed by atoms with Crippen molar-refractivity contribution in [1.82, 2.24) is 10.2 Å². The number of carbonyl (C=O) groups excluding carboxylic acids is 2. The van der Waals surface area contributed by atoms with Crippen LogP contribution in [0.4, 0.5) is 4.79 Å². The molecule has 3 amide bonds. The summed E-state index contributed by atoms with van der Waals surface area (Å²) in [6.07, 6.45) is 0.186. The molecule has 1 N–H and O–H groups in total. The smallest absolute Gasteiger partial charge is 0.324 e. The van der Waals surface area contributed by atoms with Crippen LogP contribution >= 0.6 is 0 Å². The monoisotopic (exact) mass is 181 g/mol. The van der Waals surface area contributed by atoms with E-state index in [0.29, 0.717) is 6.54 Å². The number of nitriles is 1. The predicted molar refractivity (Wildman–Crippen MR) is 44.5 cm³/mol. The van der Waals surface area contributed by atoms with Gasteiger partial charge in [-0.15, -0.1) is 0 Å². The van der Waals surface area contributed by atoms with Crippen LogP contribution in [0.3, 0.4) is 0 Å². The molecule has 0 spiro atoms. The average Bonchev–Trinajstić information content (AvgIpc) is 2.12. The molecule has 1 aliphatic heterocycles. The maximum Gasteiger partial charge on any atom is 0.324 e. The standard InChI is InChI=1S/C8H11N3O2/c1-6-5-10-8(13)11(7(6)12)4-2-3-9/h6H,2,4-5H2,1H3,(H,10,13). The van der Waals surface area contributed by atoms with Crippen LogP contribution in [-0.4, -0.2) is 29.9 Å². The van der Waals surface area contributed by atoms with E-state index >= 15 is 0 Å². The summed E-state index contributed by atoms with van der Waals surface area (Å²) >= 11 is 0. The Bertz CT molecular complexity index is 269. The summed E-state index contributed by atoms with van der Waals surface area (Å²) in [5, 5.41) is 10.9. The van der Waals surface area contributed by atoms with Crippen LogP contribution in [0.15, 0.2) is 0 Å². The fourth-order valence-corrected chi connectivity index (χ4v) is 1.16. The maximum atomic E-state index is 11.4. The van der Waals surface area contributed by atoms with E-state index in [4.69, 9.17) is 5.26 Å². The number of nitrogens with zero attached hydrogens (tertiary/aromatic N) is 2. The zero-order valence-electron chi connectivity index (χ0n) is 7.41. The number of carbonyl (C=O) groups is 2. The van der Waals surface area contributed by atoms with E-state index in [1.165, 1.54) is 0 Å². The van der Waals surface area contributed by atoms with Crippen LogP contribution in [0.5, 0.6) is 0 Å².